The van der Waals surface area contributed by atoms with Crippen LogP contribution in [0.4, 0.5) is 5.82 Å². The Morgan fingerprint density at radius 1 is 1.33 bits per heavy atom. The molecule has 0 unspecified atom stereocenters. The number of ether oxygens (including phenoxy) is 1. The van der Waals surface area contributed by atoms with Crippen LogP contribution in [-0.2, 0) is 9.53 Å². The van der Waals surface area contributed by atoms with E-state index in [-0.39, 0.29) is 12.5 Å². The van der Waals surface area contributed by atoms with Gasteiger partial charge in [-0.15, -0.1) is 0 Å². The lowest BCUT2D eigenvalue weighted by Crippen LogP contribution is -2.15. The van der Waals surface area contributed by atoms with Gasteiger partial charge in [-0.3, -0.25) is 4.79 Å². The number of anilines is 1. The fraction of sp³-hybridized carbons (Fsp3) is 0.154. The first kappa shape index (κ1) is 13.0. The molecule has 3 aromatic rings. The van der Waals surface area contributed by atoms with Gasteiger partial charge in [0, 0.05) is 6.20 Å². The summed E-state index contributed by atoms with van der Waals surface area (Å²) in [6.45, 7) is 0.0252. The predicted molar refractivity (Wildman–Crippen MR) is 75.0 cm³/mol. The van der Waals surface area contributed by atoms with Crippen molar-refractivity contribution in [3.05, 3.63) is 36.9 Å². The third kappa shape index (κ3) is 2.50. The maximum Gasteiger partial charge on any atom is 0.325 e. The van der Waals surface area contributed by atoms with Crippen molar-refractivity contribution in [3.63, 3.8) is 0 Å². The molecule has 0 spiro atoms. The smallest absolute Gasteiger partial charge is 0.325 e. The average molecular weight is 284 g/mol. The van der Waals surface area contributed by atoms with Gasteiger partial charge in [-0.1, -0.05) is 6.07 Å². The molecular formula is C13H12N6O2. The number of aromatic nitrogens is 5. The van der Waals surface area contributed by atoms with Gasteiger partial charge in [-0.2, -0.15) is 9.78 Å². The Hall–Kier alpha value is -3.03. The van der Waals surface area contributed by atoms with E-state index < -0.39 is 0 Å². The van der Waals surface area contributed by atoms with Gasteiger partial charge in [0.25, 0.3) is 0 Å². The largest absolute Gasteiger partial charge is 0.468 e. The Kier molecular flexibility index (Phi) is 3.42. The Labute approximate surface area is 119 Å². The van der Waals surface area contributed by atoms with Crippen LogP contribution in [0.3, 0.4) is 0 Å². The SMILES string of the molecule is COC(=O)CNc1ncnc2c1cnn2-c1ccccn1. The summed E-state index contributed by atoms with van der Waals surface area (Å²) >= 11 is 0. The molecule has 3 aromatic heterocycles. The minimum Gasteiger partial charge on any atom is -0.468 e. The molecule has 0 bridgehead atoms. The second-order valence-corrected chi connectivity index (χ2v) is 4.13. The van der Waals surface area contributed by atoms with Crippen LogP contribution in [-0.4, -0.2) is 44.4 Å². The molecule has 3 heterocycles. The van der Waals surface area contributed by atoms with Crippen molar-refractivity contribution in [3.8, 4) is 5.82 Å². The summed E-state index contributed by atoms with van der Waals surface area (Å²) < 4.78 is 6.19. The zero-order valence-electron chi connectivity index (χ0n) is 11.2. The van der Waals surface area contributed by atoms with E-state index in [4.69, 9.17) is 0 Å². The number of hydrogen-bond donors (Lipinski definition) is 1. The Morgan fingerprint density at radius 2 is 2.24 bits per heavy atom. The molecular weight excluding hydrogens is 272 g/mol. The average Bonchev–Trinajstić information content (AvgIpc) is 2.98. The monoisotopic (exact) mass is 284 g/mol. The molecule has 0 aliphatic rings. The minimum absolute atomic E-state index is 0.0252. The number of methoxy groups -OCH3 is 1. The lowest BCUT2D eigenvalue weighted by Gasteiger charge is -2.05. The normalized spacial score (nSPS) is 10.5. The maximum absolute atomic E-state index is 11.2. The molecule has 0 saturated heterocycles. The zero-order chi connectivity index (χ0) is 14.7. The Morgan fingerprint density at radius 3 is 3.00 bits per heavy atom. The van der Waals surface area contributed by atoms with Gasteiger partial charge >= 0.3 is 5.97 Å². The Bertz CT molecular complexity index is 771. The van der Waals surface area contributed by atoms with Crippen molar-refractivity contribution in [2.45, 2.75) is 0 Å². The lowest BCUT2D eigenvalue weighted by molar-refractivity contribution is -0.138. The van der Waals surface area contributed by atoms with Crippen LogP contribution in [0.5, 0.6) is 0 Å². The molecule has 0 fully saturated rings. The molecule has 3 rings (SSSR count). The van der Waals surface area contributed by atoms with E-state index in [0.717, 1.165) is 0 Å². The summed E-state index contributed by atoms with van der Waals surface area (Å²) in [5.74, 6) is 0.802. The quantitative estimate of drug-likeness (QED) is 0.708. The van der Waals surface area contributed by atoms with Crippen LogP contribution in [0.2, 0.25) is 0 Å². The molecule has 8 nitrogen and oxygen atoms in total. The maximum atomic E-state index is 11.2. The summed E-state index contributed by atoms with van der Waals surface area (Å²) in [5.41, 5.74) is 0.607. The standard InChI is InChI=1S/C13H12N6O2/c1-21-11(20)7-15-12-9-6-18-19(13(9)17-8-16-12)10-4-2-3-5-14-10/h2-6,8H,7H2,1H3,(H,15,16,17). The van der Waals surface area contributed by atoms with Crippen molar-refractivity contribution in [1.82, 2.24) is 24.7 Å². The molecule has 0 radical (unpaired) electrons. The number of carbonyl (C=O) groups excluding carboxylic acids is 1. The molecule has 0 amide bonds. The minimum atomic E-state index is -0.376. The van der Waals surface area contributed by atoms with Crippen LogP contribution in [0.15, 0.2) is 36.9 Å². The summed E-state index contributed by atoms with van der Waals surface area (Å²) in [4.78, 5) is 23.8. The molecule has 0 aliphatic heterocycles. The van der Waals surface area contributed by atoms with Gasteiger partial charge < -0.3 is 10.1 Å². The van der Waals surface area contributed by atoms with Crippen LogP contribution in [0.1, 0.15) is 0 Å². The van der Waals surface area contributed by atoms with Crippen molar-refractivity contribution < 1.29 is 9.53 Å². The van der Waals surface area contributed by atoms with Gasteiger partial charge in [0.15, 0.2) is 11.5 Å². The molecule has 8 heteroatoms. The molecule has 0 atom stereocenters. The van der Waals surface area contributed by atoms with Gasteiger partial charge in [0.1, 0.15) is 18.7 Å². The Balaban J connectivity index is 1.98. The van der Waals surface area contributed by atoms with Crippen molar-refractivity contribution in [2.75, 3.05) is 19.0 Å². The fourth-order valence-corrected chi connectivity index (χ4v) is 1.86. The van der Waals surface area contributed by atoms with Gasteiger partial charge in [0.2, 0.25) is 0 Å². The highest BCUT2D eigenvalue weighted by Gasteiger charge is 2.12. The highest BCUT2D eigenvalue weighted by molar-refractivity contribution is 5.88. The van der Waals surface area contributed by atoms with Gasteiger partial charge in [-0.25, -0.2) is 15.0 Å². The molecule has 106 valence electrons. The highest BCUT2D eigenvalue weighted by Crippen LogP contribution is 2.20. The van der Waals surface area contributed by atoms with Crippen molar-refractivity contribution >= 4 is 22.8 Å². The number of hydrogen-bond acceptors (Lipinski definition) is 7. The molecule has 0 aromatic carbocycles. The van der Waals surface area contributed by atoms with Crippen LogP contribution < -0.4 is 5.32 Å². The topological polar surface area (TPSA) is 94.8 Å². The first-order chi connectivity index (χ1) is 10.3. The highest BCUT2D eigenvalue weighted by atomic mass is 16.5. The lowest BCUT2D eigenvalue weighted by atomic mass is 10.4. The first-order valence-electron chi connectivity index (χ1n) is 6.20. The van der Waals surface area contributed by atoms with E-state index in [9.17, 15) is 4.79 Å². The summed E-state index contributed by atoms with van der Waals surface area (Å²) in [6.07, 6.45) is 4.72. The first-order valence-corrected chi connectivity index (χ1v) is 6.20. The number of nitrogens with zero attached hydrogens (tertiary/aromatic N) is 5. The zero-order valence-corrected chi connectivity index (χ0v) is 11.2. The summed E-state index contributed by atoms with van der Waals surface area (Å²) in [5, 5.41) is 7.87. The number of esters is 1. The van der Waals surface area contributed by atoms with E-state index in [1.807, 2.05) is 18.2 Å². The van der Waals surface area contributed by atoms with Gasteiger partial charge in [0.05, 0.1) is 18.7 Å². The number of nitrogens with one attached hydrogen (secondary N) is 1. The van der Waals surface area contributed by atoms with Crippen molar-refractivity contribution in [1.29, 1.82) is 0 Å². The van der Waals surface area contributed by atoms with Gasteiger partial charge in [-0.05, 0) is 12.1 Å². The van der Waals surface area contributed by atoms with E-state index >= 15 is 0 Å². The van der Waals surface area contributed by atoms with Crippen LogP contribution in [0, 0.1) is 0 Å². The molecule has 0 aliphatic carbocycles. The van der Waals surface area contributed by atoms with Crippen LogP contribution >= 0.6 is 0 Å². The summed E-state index contributed by atoms with van der Waals surface area (Å²) in [6, 6.07) is 5.52. The van der Waals surface area contributed by atoms with E-state index in [1.54, 1.807) is 17.1 Å². The predicted octanol–water partition coefficient (Wildman–Crippen LogP) is 0.795. The number of carbonyl (C=O) groups is 1. The summed E-state index contributed by atoms with van der Waals surface area (Å²) in [7, 11) is 1.33. The molecule has 0 saturated carbocycles. The fourth-order valence-electron chi connectivity index (χ4n) is 1.86. The molecule has 21 heavy (non-hydrogen) atoms. The third-order valence-corrected chi connectivity index (χ3v) is 2.86. The van der Waals surface area contributed by atoms with E-state index in [2.05, 4.69) is 30.1 Å². The number of fused-ring (bicyclic) bond motifs is 1. The third-order valence-electron chi connectivity index (χ3n) is 2.86. The van der Waals surface area contributed by atoms with Crippen molar-refractivity contribution in [2.24, 2.45) is 0 Å². The number of rotatable bonds is 4. The second-order valence-electron chi connectivity index (χ2n) is 4.13. The van der Waals surface area contributed by atoms with E-state index in [1.165, 1.54) is 13.4 Å². The number of pyridine rings is 1. The molecule has 1 N–H and O–H groups in total. The van der Waals surface area contributed by atoms with E-state index in [0.29, 0.717) is 22.7 Å². The van der Waals surface area contributed by atoms with Crippen LogP contribution in [0.25, 0.3) is 16.9 Å². The second kappa shape index (κ2) is 5.53.